The first-order chi connectivity index (χ1) is 7.27. The third-order valence-corrected chi connectivity index (χ3v) is 1.30. The predicted molar refractivity (Wildman–Crippen MR) is 56.3 cm³/mol. The first-order valence-corrected chi connectivity index (χ1v) is 4.49. The van der Waals surface area contributed by atoms with Crippen LogP contribution >= 0.6 is 0 Å². The standard InChI is InChI=1S/C7H16N6O2/c8-7(9)11-1-3-14-5-6-15-4-2-12-13-10/h1-6H2,(H4,8,9,11). The summed E-state index contributed by atoms with van der Waals surface area (Å²) in [5, 5.41) is 3.31. The van der Waals surface area contributed by atoms with Crippen molar-refractivity contribution < 1.29 is 9.47 Å². The molecule has 15 heavy (non-hydrogen) atoms. The van der Waals surface area contributed by atoms with Crippen molar-refractivity contribution >= 4 is 5.96 Å². The summed E-state index contributed by atoms with van der Waals surface area (Å²) in [5.74, 6) is 0.0595. The Morgan fingerprint density at radius 2 is 1.67 bits per heavy atom. The summed E-state index contributed by atoms with van der Waals surface area (Å²) in [6, 6.07) is 0. The maximum Gasteiger partial charge on any atom is 0.185 e. The zero-order chi connectivity index (χ0) is 11.4. The molecule has 0 unspecified atom stereocenters. The number of hydrogen-bond donors (Lipinski definition) is 2. The van der Waals surface area contributed by atoms with Crippen molar-refractivity contribution in [3.8, 4) is 0 Å². The van der Waals surface area contributed by atoms with Gasteiger partial charge in [0.25, 0.3) is 0 Å². The topological polar surface area (TPSA) is 132 Å². The minimum atomic E-state index is 0.0595. The smallest absolute Gasteiger partial charge is 0.185 e. The molecule has 0 saturated heterocycles. The third kappa shape index (κ3) is 12.5. The minimum absolute atomic E-state index is 0.0595. The lowest BCUT2D eigenvalue weighted by Crippen LogP contribution is -2.23. The Bertz CT molecular complexity index is 222. The van der Waals surface area contributed by atoms with Gasteiger partial charge in [-0.3, -0.25) is 4.99 Å². The summed E-state index contributed by atoms with van der Waals surface area (Å²) in [7, 11) is 0. The van der Waals surface area contributed by atoms with Crippen molar-refractivity contribution in [2.24, 2.45) is 21.6 Å². The first kappa shape index (κ1) is 13.5. The van der Waals surface area contributed by atoms with Gasteiger partial charge in [-0.1, -0.05) is 5.11 Å². The molecule has 0 aromatic rings. The molecule has 0 aliphatic carbocycles. The molecular weight excluding hydrogens is 200 g/mol. The number of hydrogen-bond acceptors (Lipinski definition) is 4. The second kappa shape index (κ2) is 10.6. The zero-order valence-electron chi connectivity index (χ0n) is 8.50. The van der Waals surface area contributed by atoms with E-state index >= 15 is 0 Å². The van der Waals surface area contributed by atoms with Gasteiger partial charge in [-0.25, -0.2) is 0 Å². The second-order valence-electron chi connectivity index (χ2n) is 2.49. The van der Waals surface area contributed by atoms with E-state index in [2.05, 4.69) is 15.0 Å². The molecular formula is C7H16N6O2. The van der Waals surface area contributed by atoms with Crippen molar-refractivity contribution in [1.29, 1.82) is 0 Å². The maximum absolute atomic E-state index is 7.96. The van der Waals surface area contributed by atoms with Crippen LogP contribution in [0.3, 0.4) is 0 Å². The van der Waals surface area contributed by atoms with Gasteiger partial charge in [0.15, 0.2) is 5.96 Å². The maximum atomic E-state index is 7.96. The Kier molecular flexibility index (Phi) is 9.52. The molecule has 86 valence electrons. The van der Waals surface area contributed by atoms with Gasteiger partial charge >= 0.3 is 0 Å². The molecule has 0 spiro atoms. The summed E-state index contributed by atoms with van der Waals surface area (Å²) in [6.07, 6.45) is 0. The summed E-state index contributed by atoms with van der Waals surface area (Å²) in [5.41, 5.74) is 18.2. The van der Waals surface area contributed by atoms with Crippen LogP contribution in [0.25, 0.3) is 10.4 Å². The highest BCUT2D eigenvalue weighted by Gasteiger charge is 1.89. The van der Waals surface area contributed by atoms with E-state index in [9.17, 15) is 0 Å². The van der Waals surface area contributed by atoms with E-state index in [0.29, 0.717) is 39.5 Å². The molecule has 8 nitrogen and oxygen atoms in total. The summed E-state index contributed by atoms with van der Waals surface area (Å²) < 4.78 is 10.2. The van der Waals surface area contributed by atoms with Crippen LogP contribution in [0, 0.1) is 0 Å². The largest absolute Gasteiger partial charge is 0.379 e. The number of nitrogens with two attached hydrogens (primary N) is 2. The highest BCUT2D eigenvalue weighted by molar-refractivity contribution is 5.75. The van der Waals surface area contributed by atoms with E-state index in [-0.39, 0.29) is 5.96 Å². The Morgan fingerprint density at radius 1 is 1.07 bits per heavy atom. The summed E-state index contributed by atoms with van der Waals surface area (Å²) in [4.78, 5) is 6.32. The molecule has 0 fully saturated rings. The molecule has 0 atom stereocenters. The number of ether oxygens (including phenoxy) is 2. The molecule has 8 heteroatoms. The van der Waals surface area contributed by atoms with Crippen LogP contribution in [0.15, 0.2) is 10.1 Å². The lowest BCUT2D eigenvalue weighted by Gasteiger charge is -2.02. The normalized spacial score (nSPS) is 9.33. The zero-order valence-corrected chi connectivity index (χ0v) is 8.50. The van der Waals surface area contributed by atoms with Crippen LogP contribution in [-0.2, 0) is 9.47 Å². The Balaban J connectivity index is 3.05. The van der Waals surface area contributed by atoms with Crippen LogP contribution in [0.4, 0.5) is 0 Å². The molecule has 0 saturated carbocycles. The molecule has 0 heterocycles. The van der Waals surface area contributed by atoms with Crippen LogP contribution in [0.5, 0.6) is 0 Å². The fourth-order valence-electron chi connectivity index (χ4n) is 0.711. The van der Waals surface area contributed by atoms with Gasteiger partial charge in [0.1, 0.15) is 0 Å². The molecule has 0 amide bonds. The van der Waals surface area contributed by atoms with Gasteiger partial charge in [-0.05, 0) is 5.53 Å². The van der Waals surface area contributed by atoms with Crippen molar-refractivity contribution in [2.45, 2.75) is 0 Å². The molecule has 0 aromatic heterocycles. The second-order valence-corrected chi connectivity index (χ2v) is 2.49. The van der Waals surface area contributed by atoms with Gasteiger partial charge in [-0.15, -0.1) is 0 Å². The molecule has 0 bridgehead atoms. The van der Waals surface area contributed by atoms with Gasteiger partial charge in [0.2, 0.25) is 0 Å². The molecule has 0 aliphatic heterocycles. The number of rotatable bonds is 9. The van der Waals surface area contributed by atoms with E-state index in [1.54, 1.807) is 0 Å². The van der Waals surface area contributed by atoms with Crippen LogP contribution in [0.1, 0.15) is 0 Å². The van der Waals surface area contributed by atoms with E-state index in [1.165, 1.54) is 0 Å². The van der Waals surface area contributed by atoms with Gasteiger partial charge in [-0.2, -0.15) is 0 Å². The molecule has 4 N–H and O–H groups in total. The van der Waals surface area contributed by atoms with Crippen molar-refractivity contribution in [1.82, 2.24) is 0 Å². The summed E-state index contributed by atoms with van der Waals surface area (Å²) >= 11 is 0. The Morgan fingerprint density at radius 3 is 2.20 bits per heavy atom. The van der Waals surface area contributed by atoms with Crippen LogP contribution in [-0.4, -0.2) is 45.5 Å². The summed E-state index contributed by atoms with van der Waals surface area (Å²) in [6.45, 7) is 2.57. The third-order valence-electron chi connectivity index (χ3n) is 1.30. The van der Waals surface area contributed by atoms with Crippen molar-refractivity contribution in [3.63, 3.8) is 0 Å². The number of guanidine groups is 1. The number of nitrogens with zero attached hydrogens (tertiary/aromatic N) is 4. The number of aliphatic imine (C=N–C) groups is 1. The van der Waals surface area contributed by atoms with Gasteiger partial charge < -0.3 is 20.9 Å². The van der Waals surface area contributed by atoms with E-state index in [4.69, 9.17) is 26.5 Å². The number of azide groups is 1. The predicted octanol–water partition coefficient (Wildman–Crippen LogP) is -0.397. The fraction of sp³-hybridized carbons (Fsp3) is 0.857. The SMILES string of the molecule is [N-]=[N+]=NCCOCCOCCN=C(N)N. The van der Waals surface area contributed by atoms with E-state index < -0.39 is 0 Å². The minimum Gasteiger partial charge on any atom is -0.379 e. The van der Waals surface area contributed by atoms with Crippen molar-refractivity contribution in [3.05, 3.63) is 10.4 Å². The fourth-order valence-corrected chi connectivity index (χ4v) is 0.711. The van der Waals surface area contributed by atoms with E-state index in [1.807, 2.05) is 0 Å². The van der Waals surface area contributed by atoms with Gasteiger partial charge in [0, 0.05) is 11.5 Å². The average Bonchev–Trinajstić information content (AvgIpc) is 2.20. The molecule has 0 radical (unpaired) electrons. The lowest BCUT2D eigenvalue weighted by molar-refractivity contribution is 0.0540. The Hall–Kier alpha value is -1.50. The molecule has 0 rings (SSSR count). The highest BCUT2D eigenvalue weighted by Crippen LogP contribution is 1.81. The monoisotopic (exact) mass is 216 g/mol. The molecule has 0 aliphatic rings. The van der Waals surface area contributed by atoms with E-state index in [0.717, 1.165) is 0 Å². The van der Waals surface area contributed by atoms with Gasteiger partial charge in [0.05, 0.1) is 33.0 Å². The Labute approximate surface area is 87.9 Å². The average molecular weight is 216 g/mol. The molecule has 0 aromatic carbocycles. The first-order valence-electron chi connectivity index (χ1n) is 4.49. The van der Waals surface area contributed by atoms with Crippen LogP contribution in [0.2, 0.25) is 0 Å². The quantitative estimate of drug-likeness (QED) is 0.135. The lowest BCUT2D eigenvalue weighted by atomic mass is 10.6. The van der Waals surface area contributed by atoms with Crippen molar-refractivity contribution in [2.75, 3.05) is 39.5 Å². The van der Waals surface area contributed by atoms with Crippen LogP contribution < -0.4 is 11.5 Å². The highest BCUT2D eigenvalue weighted by atomic mass is 16.5.